The molecule has 1 aromatic carbocycles. The topological polar surface area (TPSA) is 60.9 Å². The highest BCUT2D eigenvalue weighted by atomic mass is 79.9. The molecular weight excluding hydrogens is 282 g/mol. The van der Waals surface area contributed by atoms with Crippen LogP contribution in [0.3, 0.4) is 0 Å². The quantitative estimate of drug-likeness (QED) is 0.699. The maximum Gasteiger partial charge on any atom is 0.197 e. The first-order valence-electron chi connectivity index (χ1n) is 5.24. The smallest absolute Gasteiger partial charge is 0.197 e. The van der Waals surface area contributed by atoms with E-state index < -0.39 is 0 Å². The van der Waals surface area contributed by atoms with Crippen molar-refractivity contribution in [2.75, 3.05) is 5.73 Å². The lowest BCUT2D eigenvalue weighted by Crippen LogP contribution is -2.02. The van der Waals surface area contributed by atoms with Gasteiger partial charge in [-0.2, -0.15) is 5.10 Å². The van der Waals surface area contributed by atoms with E-state index in [4.69, 9.17) is 5.73 Å². The van der Waals surface area contributed by atoms with E-state index in [0.717, 1.165) is 11.0 Å². The molecule has 17 heavy (non-hydrogen) atoms. The highest BCUT2D eigenvalue weighted by Gasteiger charge is 2.14. The van der Waals surface area contributed by atoms with Crippen molar-refractivity contribution in [3.05, 3.63) is 46.2 Å². The van der Waals surface area contributed by atoms with Gasteiger partial charge in [-0.25, -0.2) is 0 Å². The third-order valence-electron chi connectivity index (χ3n) is 2.45. The summed E-state index contributed by atoms with van der Waals surface area (Å²) in [6.07, 6.45) is 3.30. The Hall–Kier alpha value is -1.62. The fourth-order valence-electron chi connectivity index (χ4n) is 1.53. The number of halogens is 1. The van der Waals surface area contributed by atoms with E-state index in [2.05, 4.69) is 21.0 Å². The third-order valence-corrected chi connectivity index (χ3v) is 3.15. The lowest BCUT2D eigenvalue weighted by atomic mass is 10.1. The van der Waals surface area contributed by atoms with Crippen LogP contribution < -0.4 is 5.73 Å². The van der Waals surface area contributed by atoms with E-state index in [1.54, 1.807) is 35.3 Å². The molecule has 0 saturated heterocycles. The maximum absolute atomic E-state index is 12.2. The summed E-state index contributed by atoms with van der Waals surface area (Å²) in [7, 11) is 0. The van der Waals surface area contributed by atoms with E-state index in [1.165, 1.54) is 0 Å². The Morgan fingerprint density at radius 2 is 2.29 bits per heavy atom. The molecule has 4 nitrogen and oxygen atoms in total. The Balaban J connectivity index is 2.39. The maximum atomic E-state index is 12.2. The molecule has 0 bridgehead atoms. The summed E-state index contributed by atoms with van der Waals surface area (Å²) >= 11 is 3.35. The molecule has 0 atom stereocenters. The number of aryl methyl sites for hydroxylation is 1. The van der Waals surface area contributed by atoms with Gasteiger partial charge in [0.2, 0.25) is 0 Å². The molecule has 2 rings (SSSR count). The molecule has 0 fully saturated rings. The molecule has 5 heteroatoms. The molecule has 0 aliphatic heterocycles. The van der Waals surface area contributed by atoms with Crippen LogP contribution in [-0.4, -0.2) is 15.6 Å². The average Bonchev–Trinajstić information content (AvgIpc) is 2.80. The molecule has 2 N–H and O–H groups in total. The number of aromatic nitrogens is 2. The molecule has 0 radical (unpaired) electrons. The summed E-state index contributed by atoms with van der Waals surface area (Å²) in [5, 5.41) is 4.08. The van der Waals surface area contributed by atoms with Crippen LogP contribution in [0.2, 0.25) is 0 Å². The normalized spacial score (nSPS) is 10.5. The number of benzene rings is 1. The molecule has 0 aliphatic rings. The predicted octanol–water partition coefficient (Wildman–Crippen LogP) is 2.48. The first kappa shape index (κ1) is 11.9. The van der Waals surface area contributed by atoms with Crippen molar-refractivity contribution >= 4 is 27.4 Å². The Morgan fingerprint density at radius 1 is 1.53 bits per heavy atom. The van der Waals surface area contributed by atoms with Crippen LogP contribution in [0.1, 0.15) is 22.8 Å². The molecule has 0 spiro atoms. The van der Waals surface area contributed by atoms with Crippen LogP contribution in [0, 0.1) is 0 Å². The number of nitrogens with two attached hydrogens (primary N) is 1. The van der Waals surface area contributed by atoms with Gasteiger partial charge in [-0.1, -0.05) is 15.9 Å². The number of rotatable bonds is 3. The molecule has 1 heterocycles. The molecule has 0 amide bonds. The Labute approximate surface area is 108 Å². The van der Waals surface area contributed by atoms with Gasteiger partial charge in [0.25, 0.3) is 0 Å². The summed E-state index contributed by atoms with van der Waals surface area (Å²) in [4.78, 5) is 12.2. The minimum absolute atomic E-state index is 0.0797. The highest BCUT2D eigenvalue weighted by Crippen LogP contribution is 2.22. The zero-order chi connectivity index (χ0) is 12.4. The minimum Gasteiger partial charge on any atom is -0.399 e. The Kier molecular flexibility index (Phi) is 3.28. The second-order valence-electron chi connectivity index (χ2n) is 3.65. The van der Waals surface area contributed by atoms with Crippen molar-refractivity contribution in [3.63, 3.8) is 0 Å². The molecule has 0 saturated carbocycles. The van der Waals surface area contributed by atoms with Crippen LogP contribution in [-0.2, 0) is 6.54 Å². The number of anilines is 1. The number of carbonyl (C=O) groups is 1. The zero-order valence-corrected chi connectivity index (χ0v) is 10.9. The summed E-state index contributed by atoms with van der Waals surface area (Å²) < 4.78 is 2.45. The van der Waals surface area contributed by atoms with Crippen molar-refractivity contribution < 1.29 is 4.79 Å². The highest BCUT2D eigenvalue weighted by molar-refractivity contribution is 9.10. The first-order valence-corrected chi connectivity index (χ1v) is 6.03. The number of nitrogen functional groups attached to an aromatic ring is 1. The van der Waals surface area contributed by atoms with Gasteiger partial charge in [-0.15, -0.1) is 0 Å². The first-order chi connectivity index (χ1) is 8.11. The molecule has 88 valence electrons. The second-order valence-corrected chi connectivity index (χ2v) is 4.51. The van der Waals surface area contributed by atoms with Gasteiger partial charge in [-0.05, 0) is 25.1 Å². The van der Waals surface area contributed by atoms with Crippen molar-refractivity contribution in [2.24, 2.45) is 0 Å². The van der Waals surface area contributed by atoms with E-state index in [0.29, 0.717) is 16.8 Å². The predicted molar refractivity (Wildman–Crippen MR) is 69.9 cm³/mol. The van der Waals surface area contributed by atoms with E-state index >= 15 is 0 Å². The van der Waals surface area contributed by atoms with Gasteiger partial charge in [-0.3, -0.25) is 9.48 Å². The number of hydrogen-bond donors (Lipinski definition) is 1. The molecule has 2 aromatic rings. The van der Waals surface area contributed by atoms with Crippen molar-refractivity contribution in [1.82, 2.24) is 9.78 Å². The zero-order valence-electron chi connectivity index (χ0n) is 9.35. The van der Waals surface area contributed by atoms with Gasteiger partial charge in [0.05, 0.1) is 11.8 Å². The summed E-state index contributed by atoms with van der Waals surface area (Å²) in [6, 6.07) is 5.18. The van der Waals surface area contributed by atoms with Crippen molar-refractivity contribution in [1.29, 1.82) is 0 Å². The minimum atomic E-state index is -0.0797. The lowest BCUT2D eigenvalue weighted by molar-refractivity contribution is 0.103. The van der Waals surface area contributed by atoms with Gasteiger partial charge in [0.15, 0.2) is 5.78 Å². The summed E-state index contributed by atoms with van der Waals surface area (Å²) in [5.74, 6) is -0.0797. The standard InChI is InChI=1S/C12H12BrN3O/c1-2-16-7-8(6-15-16)12(17)10-5-9(14)3-4-11(10)13/h3-7H,2,14H2,1H3. The second kappa shape index (κ2) is 4.71. The van der Waals surface area contributed by atoms with Gasteiger partial charge >= 0.3 is 0 Å². The number of ketones is 1. The number of carbonyl (C=O) groups excluding carboxylic acids is 1. The molecular formula is C12H12BrN3O. The Morgan fingerprint density at radius 3 is 2.94 bits per heavy atom. The largest absolute Gasteiger partial charge is 0.399 e. The lowest BCUT2D eigenvalue weighted by Gasteiger charge is -2.03. The van der Waals surface area contributed by atoms with Crippen LogP contribution in [0.25, 0.3) is 0 Å². The monoisotopic (exact) mass is 293 g/mol. The molecule has 0 unspecified atom stereocenters. The van der Waals surface area contributed by atoms with Crippen LogP contribution >= 0.6 is 15.9 Å². The number of nitrogens with zero attached hydrogens (tertiary/aromatic N) is 2. The van der Waals surface area contributed by atoms with Gasteiger partial charge in [0, 0.05) is 28.5 Å². The fraction of sp³-hybridized carbons (Fsp3) is 0.167. The van der Waals surface area contributed by atoms with Crippen LogP contribution in [0.4, 0.5) is 5.69 Å². The van der Waals surface area contributed by atoms with Crippen molar-refractivity contribution in [3.8, 4) is 0 Å². The average molecular weight is 294 g/mol. The summed E-state index contributed by atoms with van der Waals surface area (Å²) in [6.45, 7) is 2.71. The van der Waals surface area contributed by atoms with E-state index in [1.807, 2.05) is 6.92 Å². The van der Waals surface area contributed by atoms with E-state index in [9.17, 15) is 4.79 Å². The molecule has 0 aliphatic carbocycles. The summed E-state index contributed by atoms with van der Waals surface area (Å²) in [5.41, 5.74) is 7.37. The fourth-order valence-corrected chi connectivity index (χ4v) is 1.95. The van der Waals surface area contributed by atoms with E-state index in [-0.39, 0.29) is 5.78 Å². The van der Waals surface area contributed by atoms with Crippen LogP contribution in [0.15, 0.2) is 35.1 Å². The SMILES string of the molecule is CCn1cc(C(=O)c2cc(N)ccc2Br)cn1. The van der Waals surface area contributed by atoms with Gasteiger partial charge < -0.3 is 5.73 Å². The Bertz CT molecular complexity index is 563. The third kappa shape index (κ3) is 2.39. The number of hydrogen-bond acceptors (Lipinski definition) is 3. The molecule has 1 aromatic heterocycles. The van der Waals surface area contributed by atoms with Gasteiger partial charge in [0.1, 0.15) is 0 Å². The van der Waals surface area contributed by atoms with Crippen LogP contribution in [0.5, 0.6) is 0 Å². The van der Waals surface area contributed by atoms with Crippen molar-refractivity contribution in [2.45, 2.75) is 13.5 Å².